The predicted octanol–water partition coefficient (Wildman–Crippen LogP) is 4.36. The van der Waals surface area contributed by atoms with Crippen molar-refractivity contribution in [2.75, 3.05) is 19.6 Å². The number of aromatic nitrogens is 3. The van der Waals surface area contributed by atoms with Crippen LogP contribution in [-0.2, 0) is 4.79 Å². The second-order valence-electron chi connectivity index (χ2n) is 10.4. The average molecular weight is 473 g/mol. The fourth-order valence-corrected chi connectivity index (χ4v) is 5.43. The number of likely N-dealkylation sites (tertiary alicyclic amines) is 1. The van der Waals surface area contributed by atoms with Crippen LogP contribution in [0.2, 0.25) is 0 Å². The summed E-state index contributed by atoms with van der Waals surface area (Å²) in [5.74, 6) is 0.148. The first-order chi connectivity index (χ1) is 16.8. The van der Waals surface area contributed by atoms with Crippen LogP contribution in [0.5, 0.6) is 0 Å². The Morgan fingerprint density at radius 1 is 1.17 bits per heavy atom. The molecule has 0 saturated carbocycles. The summed E-state index contributed by atoms with van der Waals surface area (Å²) in [5, 5.41) is 8.44. The molecule has 3 aliphatic heterocycles. The summed E-state index contributed by atoms with van der Waals surface area (Å²) in [7, 11) is 0. The van der Waals surface area contributed by atoms with Crippen LogP contribution in [0.4, 0.5) is 0 Å². The Hall–Kier alpha value is -3.19. The Morgan fingerprint density at radius 3 is 2.66 bits per heavy atom. The zero-order valence-corrected chi connectivity index (χ0v) is 21.5. The molecule has 1 fully saturated rings. The number of piperidine rings is 1. The second kappa shape index (κ2) is 9.11. The molecule has 5 heterocycles. The maximum atomic E-state index is 13.5. The minimum atomic E-state index is -0.0303. The Morgan fingerprint density at radius 2 is 1.91 bits per heavy atom. The van der Waals surface area contributed by atoms with E-state index in [4.69, 9.17) is 5.10 Å². The van der Waals surface area contributed by atoms with Crippen LogP contribution in [0.25, 0.3) is 11.1 Å². The highest BCUT2D eigenvalue weighted by Crippen LogP contribution is 2.33. The van der Waals surface area contributed by atoms with Crippen molar-refractivity contribution in [1.82, 2.24) is 29.7 Å². The lowest BCUT2D eigenvalue weighted by atomic mass is 9.89. The van der Waals surface area contributed by atoms with E-state index in [0.29, 0.717) is 0 Å². The van der Waals surface area contributed by atoms with Gasteiger partial charge in [-0.1, -0.05) is 19.9 Å². The minimum Gasteiger partial charge on any atom is -0.370 e. The van der Waals surface area contributed by atoms with E-state index in [1.807, 2.05) is 30.8 Å². The summed E-state index contributed by atoms with van der Waals surface area (Å²) in [5.41, 5.74) is 6.89. The molecule has 2 aromatic rings. The Balaban J connectivity index is 1.42. The van der Waals surface area contributed by atoms with E-state index < -0.39 is 0 Å². The van der Waals surface area contributed by atoms with Crippen LogP contribution in [-0.4, -0.2) is 55.5 Å². The predicted molar refractivity (Wildman–Crippen MR) is 139 cm³/mol. The second-order valence-corrected chi connectivity index (χ2v) is 10.4. The first kappa shape index (κ1) is 23.5. The van der Waals surface area contributed by atoms with Gasteiger partial charge in [0.1, 0.15) is 0 Å². The number of carbonyl (C=O) groups is 1. The molecule has 7 nitrogen and oxygen atoms in total. The molecular formula is C28H36N6O. The first-order valence-corrected chi connectivity index (χ1v) is 12.7. The molecule has 0 aliphatic carbocycles. The molecule has 1 atom stereocenters. The normalized spacial score (nSPS) is 22.4. The molecule has 1 unspecified atom stereocenters. The highest BCUT2D eigenvalue weighted by molar-refractivity contribution is 5.98. The Kier molecular flexibility index (Phi) is 6.13. The fraction of sp³-hybridized carbons (Fsp3) is 0.464. The summed E-state index contributed by atoms with van der Waals surface area (Å²) in [4.78, 5) is 22.3. The van der Waals surface area contributed by atoms with Gasteiger partial charge in [-0.2, -0.15) is 5.10 Å². The van der Waals surface area contributed by atoms with Crippen LogP contribution >= 0.6 is 0 Å². The van der Waals surface area contributed by atoms with Crippen molar-refractivity contribution in [1.29, 1.82) is 0 Å². The lowest BCUT2D eigenvalue weighted by Crippen LogP contribution is -2.51. The van der Waals surface area contributed by atoms with E-state index in [0.717, 1.165) is 78.5 Å². The number of nitrogens with one attached hydrogen (secondary N) is 1. The van der Waals surface area contributed by atoms with Crippen LogP contribution in [0, 0.1) is 19.8 Å². The Labute approximate surface area is 207 Å². The number of nitrogens with zero attached hydrogens (tertiary/aromatic N) is 5. The van der Waals surface area contributed by atoms with E-state index in [2.05, 4.69) is 60.3 Å². The molecule has 1 saturated heterocycles. The number of hydrogen-bond donors (Lipinski definition) is 1. The molecule has 0 aromatic carbocycles. The van der Waals surface area contributed by atoms with Crippen molar-refractivity contribution >= 4 is 17.0 Å². The van der Waals surface area contributed by atoms with E-state index in [9.17, 15) is 4.79 Å². The SMILES string of the molecule is CCNC1(C)CCN(C2=CN3C(=O)C=C(c4cc5c(C)nc(C)cn5n4)C(C)CC=C3C=C2)CC1. The maximum Gasteiger partial charge on any atom is 0.255 e. The molecule has 35 heavy (non-hydrogen) atoms. The van der Waals surface area contributed by atoms with Gasteiger partial charge in [0.05, 0.1) is 34.5 Å². The highest BCUT2D eigenvalue weighted by atomic mass is 16.2. The van der Waals surface area contributed by atoms with Gasteiger partial charge in [0.25, 0.3) is 5.91 Å². The van der Waals surface area contributed by atoms with Gasteiger partial charge < -0.3 is 10.2 Å². The third-order valence-electron chi connectivity index (χ3n) is 7.58. The summed E-state index contributed by atoms with van der Waals surface area (Å²) in [6.07, 6.45) is 15.2. The van der Waals surface area contributed by atoms with Gasteiger partial charge >= 0.3 is 0 Å². The molecule has 3 aliphatic rings. The number of hydrogen-bond acceptors (Lipinski definition) is 5. The van der Waals surface area contributed by atoms with Gasteiger partial charge in [0.15, 0.2) is 0 Å². The van der Waals surface area contributed by atoms with Crippen molar-refractivity contribution in [2.24, 2.45) is 5.92 Å². The number of rotatable bonds is 4. The first-order valence-electron chi connectivity index (χ1n) is 12.7. The molecule has 184 valence electrons. The van der Waals surface area contributed by atoms with Gasteiger partial charge in [0, 0.05) is 36.6 Å². The van der Waals surface area contributed by atoms with Crippen LogP contribution in [0.1, 0.15) is 57.1 Å². The number of fused-ring (bicyclic) bond motifs is 2. The molecule has 7 heteroatoms. The van der Waals surface area contributed by atoms with Crippen LogP contribution < -0.4 is 5.32 Å². The lowest BCUT2D eigenvalue weighted by Gasteiger charge is -2.42. The average Bonchev–Trinajstić information content (AvgIpc) is 3.24. The lowest BCUT2D eigenvalue weighted by molar-refractivity contribution is -0.122. The number of amides is 1. The minimum absolute atomic E-state index is 0.0303. The topological polar surface area (TPSA) is 65.8 Å². The number of allylic oxidation sites excluding steroid dienone is 4. The Bertz CT molecular complexity index is 1270. The third-order valence-corrected chi connectivity index (χ3v) is 7.58. The molecule has 0 spiro atoms. The third kappa shape index (κ3) is 4.57. The quantitative estimate of drug-likeness (QED) is 0.716. The summed E-state index contributed by atoms with van der Waals surface area (Å²) in [6, 6.07) is 2.05. The molecular weight excluding hydrogens is 436 g/mol. The van der Waals surface area contributed by atoms with Gasteiger partial charge in [-0.05, 0) is 76.3 Å². The van der Waals surface area contributed by atoms with Crippen LogP contribution in [0.3, 0.4) is 0 Å². The molecule has 1 N–H and O–H groups in total. The fourth-order valence-electron chi connectivity index (χ4n) is 5.43. The zero-order valence-electron chi connectivity index (χ0n) is 21.5. The highest BCUT2D eigenvalue weighted by Gasteiger charge is 2.31. The largest absolute Gasteiger partial charge is 0.370 e. The van der Waals surface area contributed by atoms with Gasteiger partial charge in [-0.25, -0.2) is 4.52 Å². The number of carbonyl (C=O) groups excluding carboxylic acids is 1. The molecule has 5 rings (SSSR count). The standard InChI is InChI=1S/C28H36N6O/c1-6-29-28(5)11-13-32(14-12-28)23-10-9-22-8-7-19(2)24(15-27(35)33(22)18-23)25-16-26-21(4)30-20(3)17-34(26)31-25/h8-10,15-19,29H,6-7,11-14H2,1-5H3. The van der Waals surface area contributed by atoms with Crippen molar-refractivity contribution in [3.05, 3.63) is 71.2 Å². The van der Waals surface area contributed by atoms with Crippen molar-refractivity contribution in [3.63, 3.8) is 0 Å². The molecule has 0 bridgehead atoms. The summed E-state index contributed by atoms with van der Waals surface area (Å²) >= 11 is 0. The summed E-state index contributed by atoms with van der Waals surface area (Å²) in [6.45, 7) is 13.6. The maximum absolute atomic E-state index is 13.5. The van der Waals surface area contributed by atoms with Crippen molar-refractivity contribution in [2.45, 2.75) is 59.4 Å². The smallest absolute Gasteiger partial charge is 0.255 e. The molecule has 1 amide bonds. The van der Waals surface area contributed by atoms with E-state index in [1.54, 1.807) is 11.0 Å². The van der Waals surface area contributed by atoms with Gasteiger partial charge in [-0.3, -0.25) is 14.7 Å². The van der Waals surface area contributed by atoms with E-state index >= 15 is 0 Å². The molecule has 2 aromatic heterocycles. The van der Waals surface area contributed by atoms with Gasteiger partial charge in [-0.15, -0.1) is 0 Å². The van der Waals surface area contributed by atoms with Gasteiger partial charge in [0.2, 0.25) is 0 Å². The van der Waals surface area contributed by atoms with E-state index in [1.165, 1.54) is 0 Å². The van der Waals surface area contributed by atoms with Crippen molar-refractivity contribution < 1.29 is 4.79 Å². The summed E-state index contributed by atoms with van der Waals surface area (Å²) < 4.78 is 1.88. The molecule has 0 radical (unpaired) electrons. The number of aryl methyl sites for hydroxylation is 2. The zero-order chi connectivity index (χ0) is 24.7. The van der Waals surface area contributed by atoms with Crippen LogP contribution in [0.15, 0.2) is 54.2 Å². The monoisotopic (exact) mass is 472 g/mol. The van der Waals surface area contributed by atoms with Crippen molar-refractivity contribution in [3.8, 4) is 0 Å². The van der Waals surface area contributed by atoms with E-state index in [-0.39, 0.29) is 17.4 Å².